The SMILES string of the molecule is C=C(CN1CC(C)(F)C1)C(C)=O.CC. The van der Waals surface area contributed by atoms with Gasteiger partial charge in [-0.1, -0.05) is 20.4 Å². The highest BCUT2D eigenvalue weighted by molar-refractivity contribution is 5.92. The zero-order valence-electron chi connectivity index (χ0n) is 9.56. The summed E-state index contributed by atoms with van der Waals surface area (Å²) in [5.41, 5.74) is -0.498. The highest BCUT2D eigenvalue weighted by atomic mass is 19.1. The lowest BCUT2D eigenvalue weighted by Gasteiger charge is -2.42. The molecule has 1 saturated heterocycles. The van der Waals surface area contributed by atoms with Crippen LogP contribution in [0.3, 0.4) is 0 Å². The molecule has 1 aliphatic heterocycles. The summed E-state index contributed by atoms with van der Waals surface area (Å²) < 4.78 is 13.0. The fourth-order valence-electron chi connectivity index (χ4n) is 1.38. The van der Waals surface area contributed by atoms with E-state index in [0.29, 0.717) is 25.2 Å². The number of rotatable bonds is 3. The van der Waals surface area contributed by atoms with E-state index in [1.807, 2.05) is 18.7 Å². The first-order valence-electron chi connectivity index (χ1n) is 5.01. The van der Waals surface area contributed by atoms with Crippen LogP contribution in [0.15, 0.2) is 12.2 Å². The lowest BCUT2D eigenvalue weighted by molar-refractivity contribution is -0.114. The molecule has 0 amide bonds. The Morgan fingerprint density at radius 1 is 1.50 bits per heavy atom. The molecule has 2 nitrogen and oxygen atoms in total. The maximum Gasteiger partial charge on any atom is 0.156 e. The number of nitrogens with zero attached hydrogens (tertiary/aromatic N) is 1. The summed E-state index contributed by atoms with van der Waals surface area (Å²) in [5.74, 6) is -0.0116. The first-order chi connectivity index (χ1) is 6.41. The lowest BCUT2D eigenvalue weighted by Crippen LogP contribution is -2.57. The molecule has 1 fully saturated rings. The van der Waals surface area contributed by atoms with Crippen molar-refractivity contribution in [2.75, 3.05) is 19.6 Å². The molecule has 0 unspecified atom stereocenters. The summed E-state index contributed by atoms with van der Waals surface area (Å²) in [7, 11) is 0. The van der Waals surface area contributed by atoms with Crippen LogP contribution < -0.4 is 0 Å². The van der Waals surface area contributed by atoms with Crippen LogP contribution >= 0.6 is 0 Å². The van der Waals surface area contributed by atoms with Crippen LogP contribution in [0, 0.1) is 0 Å². The summed E-state index contributed by atoms with van der Waals surface area (Å²) >= 11 is 0. The van der Waals surface area contributed by atoms with Crippen LogP contribution in [0.5, 0.6) is 0 Å². The van der Waals surface area contributed by atoms with Crippen molar-refractivity contribution in [3.63, 3.8) is 0 Å². The van der Waals surface area contributed by atoms with E-state index in [2.05, 4.69) is 6.58 Å². The minimum Gasteiger partial charge on any atom is -0.295 e. The molecule has 1 aliphatic rings. The first kappa shape index (κ1) is 13.3. The summed E-state index contributed by atoms with van der Waals surface area (Å²) in [4.78, 5) is 12.6. The molecule has 0 radical (unpaired) electrons. The van der Waals surface area contributed by atoms with Crippen LogP contribution in [0.4, 0.5) is 4.39 Å². The topological polar surface area (TPSA) is 20.3 Å². The van der Waals surface area contributed by atoms with Gasteiger partial charge in [0.2, 0.25) is 0 Å². The number of carbonyl (C=O) groups excluding carboxylic acids is 1. The summed E-state index contributed by atoms with van der Waals surface area (Å²) in [6, 6.07) is 0. The first-order valence-corrected chi connectivity index (χ1v) is 5.01. The molecule has 0 spiro atoms. The van der Waals surface area contributed by atoms with Gasteiger partial charge >= 0.3 is 0 Å². The molecule has 0 aromatic rings. The molecule has 0 aromatic heterocycles. The van der Waals surface area contributed by atoms with E-state index in [9.17, 15) is 9.18 Å². The third-order valence-corrected chi connectivity index (χ3v) is 2.02. The molecule has 14 heavy (non-hydrogen) atoms. The molecule has 0 saturated carbocycles. The zero-order valence-corrected chi connectivity index (χ0v) is 9.56. The quantitative estimate of drug-likeness (QED) is 0.652. The average Bonchev–Trinajstić information content (AvgIpc) is 2.04. The van der Waals surface area contributed by atoms with Gasteiger partial charge in [0.25, 0.3) is 0 Å². The van der Waals surface area contributed by atoms with Crippen molar-refractivity contribution in [1.29, 1.82) is 0 Å². The largest absolute Gasteiger partial charge is 0.295 e. The van der Waals surface area contributed by atoms with E-state index >= 15 is 0 Å². The van der Waals surface area contributed by atoms with Gasteiger partial charge in [0.1, 0.15) is 5.67 Å². The molecule has 82 valence electrons. The fraction of sp³-hybridized carbons (Fsp3) is 0.727. The Balaban J connectivity index is 0.000000791. The number of alkyl halides is 1. The Hall–Kier alpha value is -0.700. The third kappa shape index (κ3) is 4.01. The maximum absolute atomic E-state index is 13.0. The molecule has 0 aromatic carbocycles. The number of carbonyl (C=O) groups is 1. The van der Waals surface area contributed by atoms with Crippen LogP contribution in [-0.4, -0.2) is 36.0 Å². The molecule has 0 bridgehead atoms. The van der Waals surface area contributed by atoms with Gasteiger partial charge < -0.3 is 0 Å². The Morgan fingerprint density at radius 3 is 2.21 bits per heavy atom. The Labute approximate surface area is 85.8 Å². The molecule has 1 rings (SSSR count). The second kappa shape index (κ2) is 5.25. The molecule has 1 heterocycles. The second-order valence-electron chi connectivity index (χ2n) is 3.72. The van der Waals surface area contributed by atoms with Gasteiger partial charge in [0.05, 0.1) is 0 Å². The van der Waals surface area contributed by atoms with E-state index in [1.165, 1.54) is 6.92 Å². The van der Waals surface area contributed by atoms with Gasteiger partial charge in [-0.15, -0.1) is 0 Å². The fourth-order valence-corrected chi connectivity index (χ4v) is 1.38. The molecule has 3 heteroatoms. The normalized spacial score (nSPS) is 18.9. The molecule has 0 N–H and O–H groups in total. The number of likely N-dealkylation sites (tertiary alicyclic amines) is 1. The van der Waals surface area contributed by atoms with E-state index in [0.717, 1.165) is 0 Å². The lowest BCUT2D eigenvalue weighted by atomic mass is 9.98. The molecular weight excluding hydrogens is 181 g/mol. The number of ketones is 1. The third-order valence-electron chi connectivity index (χ3n) is 2.02. The Kier molecular flexibility index (Phi) is 4.99. The monoisotopic (exact) mass is 201 g/mol. The Morgan fingerprint density at radius 2 is 1.93 bits per heavy atom. The van der Waals surface area contributed by atoms with Gasteiger partial charge in [0.15, 0.2) is 5.78 Å². The van der Waals surface area contributed by atoms with Gasteiger partial charge in [-0.3, -0.25) is 9.69 Å². The van der Waals surface area contributed by atoms with Crippen molar-refractivity contribution in [2.24, 2.45) is 0 Å². The van der Waals surface area contributed by atoms with Gasteiger partial charge in [0, 0.05) is 25.2 Å². The molecule has 0 atom stereocenters. The maximum atomic E-state index is 13.0. The van der Waals surface area contributed by atoms with E-state index in [-0.39, 0.29) is 5.78 Å². The number of Topliss-reactive ketones (excluding diaryl/α,β-unsaturated/α-hetero) is 1. The van der Waals surface area contributed by atoms with Crippen molar-refractivity contribution in [3.8, 4) is 0 Å². The van der Waals surface area contributed by atoms with Gasteiger partial charge in [-0.05, 0) is 13.8 Å². The standard InChI is InChI=1S/C9H14FNO.C2H6/c1-7(8(2)12)4-11-5-9(3,10)6-11;1-2/h1,4-6H2,2-3H3;1-2H3. The van der Waals surface area contributed by atoms with Crippen molar-refractivity contribution in [2.45, 2.75) is 33.4 Å². The average molecular weight is 201 g/mol. The Bertz CT molecular complexity index is 215. The predicted molar refractivity (Wildman–Crippen MR) is 57.1 cm³/mol. The van der Waals surface area contributed by atoms with Crippen LogP contribution in [0.1, 0.15) is 27.7 Å². The van der Waals surface area contributed by atoms with Crippen molar-refractivity contribution in [3.05, 3.63) is 12.2 Å². The van der Waals surface area contributed by atoms with Crippen molar-refractivity contribution in [1.82, 2.24) is 4.90 Å². The smallest absolute Gasteiger partial charge is 0.156 e. The van der Waals surface area contributed by atoms with Crippen LogP contribution in [-0.2, 0) is 4.79 Å². The number of halogens is 1. The number of hydrogen-bond donors (Lipinski definition) is 0. The minimum absolute atomic E-state index is 0.0116. The van der Waals surface area contributed by atoms with Crippen molar-refractivity contribution >= 4 is 5.78 Å². The van der Waals surface area contributed by atoms with Crippen molar-refractivity contribution < 1.29 is 9.18 Å². The molecular formula is C11H20FNO. The van der Waals surface area contributed by atoms with Gasteiger partial charge in [-0.25, -0.2) is 4.39 Å². The highest BCUT2D eigenvalue weighted by Gasteiger charge is 2.38. The minimum atomic E-state index is -1.06. The molecule has 0 aliphatic carbocycles. The summed E-state index contributed by atoms with van der Waals surface area (Å²) in [5, 5.41) is 0. The highest BCUT2D eigenvalue weighted by Crippen LogP contribution is 2.24. The van der Waals surface area contributed by atoms with E-state index < -0.39 is 5.67 Å². The van der Waals surface area contributed by atoms with E-state index in [1.54, 1.807) is 6.92 Å². The van der Waals surface area contributed by atoms with E-state index in [4.69, 9.17) is 0 Å². The summed E-state index contributed by atoms with van der Waals surface area (Å²) in [6.07, 6.45) is 0. The summed E-state index contributed by atoms with van der Waals surface area (Å²) in [6.45, 7) is 12.0. The zero-order chi connectivity index (χ0) is 11.4. The van der Waals surface area contributed by atoms with Crippen LogP contribution in [0.2, 0.25) is 0 Å². The second-order valence-corrected chi connectivity index (χ2v) is 3.72. The van der Waals surface area contributed by atoms with Gasteiger partial charge in [-0.2, -0.15) is 0 Å². The number of hydrogen-bond acceptors (Lipinski definition) is 2. The van der Waals surface area contributed by atoms with Crippen LogP contribution in [0.25, 0.3) is 0 Å². The predicted octanol–water partition coefficient (Wildman–Crippen LogP) is 2.20.